The summed E-state index contributed by atoms with van der Waals surface area (Å²) in [6.45, 7) is 0. The van der Waals surface area contributed by atoms with Crippen LogP contribution in [0.1, 0.15) is 0 Å². The van der Waals surface area contributed by atoms with Crippen molar-refractivity contribution in [3.8, 4) is 0 Å². The Morgan fingerprint density at radius 2 is 2.00 bits per heavy atom. The first-order valence-corrected chi connectivity index (χ1v) is 3.57. The topological polar surface area (TPSA) is 70.2 Å². The van der Waals surface area contributed by atoms with Crippen molar-refractivity contribution >= 4 is 22.1 Å². The van der Waals surface area contributed by atoms with Crippen LogP contribution in [0.2, 0.25) is 0 Å². The first-order chi connectivity index (χ1) is 5.95. The lowest BCUT2D eigenvalue weighted by Gasteiger charge is -1.86. The highest BCUT2D eigenvalue weighted by Crippen LogP contribution is 2.17. The van der Waals surface area contributed by atoms with Gasteiger partial charge in [-0.25, -0.2) is 15.2 Å². The summed E-state index contributed by atoms with van der Waals surface area (Å²) in [5.41, 5.74) is 3.54. The van der Waals surface area contributed by atoms with Crippen LogP contribution in [0.3, 0.4) is 0 Å². The normalized spacial score (nSPS) is 11.3. The summed E-state index contributed by atoms with van der Waals surface area (Å²) in [6.07, 6.45) is 1.55. The number of hydrogen-bond donors (Lipinski definition) is 2. The standard InChI is InChI=1S/C7H5N5/c1-2-5-7(11-12-10-5)6-4(1)8-3-9-6/h1-3,11-12H. The Balaban J connectivity index is 2.71. The minimum absolute atomic E-state index is 0.862. The highest BCUT2D eigenvalue weighted by molar-refractivity contribution is 5.99. The summed E-state index contributed by atoms with van der Waals surface area (Å²) in [7, 11) is 0. The Morgan fingerprint density at radius 3 is 3.00 bits per heavy atom. The maximum atomic E-state index is 4.12. The van der Waals surface area contributed by atoms with E-state index in [0.29, 0.717) is 0 Å². The molecule has 5 heteroatoms. The first kappa shape index (κ1) is 5.70. The van der Waals surface area contributed by atoms with Gasteiger partial charge >= 0.3 is 0 Å². The molecule has 0 atom stereocenters. The number of nitrogens with zero attached hydrogens (tertiary/aromatic N) is 3. The Bertz CT molecular complexity index is 485. The van der Waals surface area contributed by atoms with Crippen LogP contribution < -0.4 is 0 Å². The van der Waals surface area contributed by atoms with Crippen molar-refractivity contribution in [2.45, 2.75) is 0 Å². The zero-order chi connectivity index (χ0) is 7.97. The molecule has 3 rings (SSSR count). The summed E-state index contributed by atoms with van der Waals surface area (Å²) in [4.78, 5) is 8.19. The van der Waals surface area contributed by atoms with Gasteiger partial charge < -0.3 is 0 Å². The number of nitrogens with one attached hydrogen (secondary N) is 2. The van der Waals surface area contributed by atoms with Crippen molar-refractivity contribution in [3.63, 3.8) is 0 Å². The number of aromatic amines is 2. The SMILES string of the molecule is c1nc2ccc3n[nH][nH]c3c2n1. The summed E-state index contributed by atoms with van der Waals surface area (Å²) in [6, 6.07) is 3.80. The summed E-state index contributed by atoms with van der Waals surface area (Å²) in [5.74, 6) is 0. The van der Waals surface area contributed by atoms with Crippen LogP contribution >= 0.6 is 0 Å². The quantitative estimate of drug-likeness (QED) is 0.510. The third-order valence-corrected chi connectivity index (χ3v) is 1.88. The second-order valence-electron chi connectivity index (χ2n) is 2.55. The third-order valence-electron chi connectivity index (χ3n) is 1.88. The van der Waals surface area contributed by atoms with E-state index in [9.17, 15) is 0 Å². The van der Waals surface area contributed by atoms with Crippen molar-refractivity contribution in [2.24, 2.45) is 0 Å². The van der Waals surface area contributed by atoms with Crippen LogP contribution in [-0.4, -0.2) is 25.4 Å². The third kappa shape index (κ3) is 0.554. The van der Waals surface area contributed by atoms with Crippen molar-refractivity contribution in [2.75, 3.05) is 0 Å². The number of benzene rings is 1. The molecule has 0 amide bonds. The molecule has 1 aromatic carbocycles. The van der Waals surface area contributed by atoms with Crippen molar-refractivity contribution in [1.82, 2.24) is 25.4 Å². The van der Waals surface area contributed by atoms with Gasteiger partial charge in [-0.15, -0.1) is 0 Å². The molecule has 58 valence electrons. The molecule has 0 saturated heterocycles. The van der Waals surface area contributed by atoms with Crippen LogP contribution in [0.25, 0.3) is 22.1 Å². The van der Waals surface area contributed by atoms with E-state index in [1.165, 1.54) is 0 Å². The fourth-order valence-corrected chi connectivity index (χ4v) is 1.31. The van der Waals surface area contributed by atoms with Crippen LogP contribution in [0, 0.1) is 0 Å². The van der Waals surface area contributed by atoms with Crippen LogP contribution in [0.15, 0.2) is 18.5 Å². The number of aromatic nitrogens is 5. The number of imidazole rings is 1. The van der Waals surface area contributed by atoms with Crippen molar-refractivity contribution < 1.29 is 0 Å². The molecule has 0 unspecified atom stereocenters. The Hall–Kier alpha value is -1.91. The van der Waals surface area contributed by atoms with Gasteiger partial charge in [0.1, 0.15) is 22.9 Å². The largest absolute Gasteiger partial charge is 0.281 e. The van der Waals surface area contributed by atoms with Crippen molar-refractivity contribution in [3.05, 3.63) is 18.5 Å². The molecule has 5 nitrogen and oxygen atoms in total. The van der Waals surface area contributed by atoms with E-state index < -0.39 is 0 Å². The molecule has 0 aliphatic rings. The van der Waals surface area contributed by atoms with E-state index >= 15 is 0 Å². The molecule has 0 aliphatic heterocycles. The maximum Gasteiger partial charge on any atom is 0.118 e. The van der Waals surface area contributed by atoms with Crippen LogP contribution in [0.4, 0.5) is 0 Å². The molecule has 3 aromatic rings. The van der Waals surface area contributed by atoms with E-state index in [1.807, 2.05) is 12.1 Å². The molecular weight excluding hydrogens is 154 g/mol. The lowest BCUT2D eigenvalue weighted by atomic mass is 10.3. The fraction of sp³-hybridized carbons (Fsp3) is 0. The molecular formula is C7H5N5. The number of H-pyrrole nitrogens is 2. The van der Waals surface area contributed by atoms with Gasteiger partial charge in [-0.2, -0.15) is 5.10 Å². The fourth-order valence-electron chi connectivity index (χ4n) is 1.31. The molecule has 0 aliphatic carbocycles. The van der Waals surface area contributed by atoms with Crippen molar-refractivity contribution in [1.29, 1.82) is 0 Å². The van der Waals surface area contributed by atoms with Gasteiger partial charge in [0, 0.05) is 0 Å². The van der Waals surface area contributed by atoms with Gasteiger partial charge in [0.05, 0.1) is 5.52 Å². The lowest BCUT2D eigenvalue weighted by molar-refractivity contribution is 0.960. The molecule has 0 spiro atoms. The number of hydrogen-bond acceptors (Lipinski definition) is 3. The second-order valence-corrected chi connectivity index (χ2v) is 2.55. The molecule has 0 saturated carbocycles. The van der Waals surface area contributed by atoms with E-state index in [4.69, 9.17) is 0 Å². The number of fused-ring (bicyclic) bond motifs is 3. The van der Waals surface area contributed by atoms with Crippen LogP contribution in [0.5, 0.6) is 0 Å². The molecule has 0 bridgehead atoms. The predicted molar refractivity (Wildman–Crippen MR) is 43.5 cm³/mol. The van der Waals surface area contributed by atoms with Crippen LogP contribution in [-0.2, 0) is 0 Å². The Morgan fingerprint density at radius 1 is 1.08 bits per heavy atom. The van der Waals surface area contributed by atoms with E-state index in [2.05, 4.69) is 25.4 Å². The second kappa shape index (κ2) is 1.82. The molecule has 12 heavy (non-hydrogen) atoms. The zero-order valence-electron chi connectivity index (χ0n) is 6.07. The summed E-state index contributed by atoms with van der Waals surface area (Å²) < 4.78 is 0. The summed E-state index contributed by atoms with van der Waals surface area (Å²) in [5, 5.41) is 9.59. The average Bonchev–Trinajstić information content (AvgIpc) is 2.71. The zero-order valence-corrected chi connectivity index (χ0v) is 6.07. The van der Waals surface area contributed by atoms with Gasteiger partial charge in [-0.05, 0) is 12.1 Å². The minimum atomic E-state index is 0.862. The molecule has 0 fully saturated rings. The van der Waals surface area contributed by atoms with Gasteiger partial charge in [0.2, 0.25) is 0 Å². The lowest BCUT2D eigenvalue weighted by Crippen LogP contribution is -1.73. The van der Waals surface area contributed by atoms with E-state index in [1.54, 1.807) is 6.33 Å². The smallest absolute Gasteiger partial charge is 0.118 e. The van der Waals surface area contributed by atoms with E-state index in [0.717, 1.165) is 22.1 Å². The predicted octanol–water partition coefficient (Wildman–Crippen LogP) is 0.834. The average molecular weight is 159 g/mol. The Kier molecular flexibility index (Phi) is 0.864. The number of rotatable bonds is 0. The monoisotopic (exact) mass is 159 g/mol. The first-order valence-electron chi connectivity index (χ1n) is 3.57. The van der Waals surface area contributed by atoms with E-state index in [-0.39, 0.29) is 0 Å². The maximum absolute atomic E-state index is 4.12. The highest BCUT2D eigenvalue weighted by Gasteiger charge is 2.03. The van der Waals surface area contributed by atoms with Gasteiger partial charge in [0.15, 0.2) is 0 Å². The van der Waals surface area contributed by atoms with Gasteiger partial charge in [-0.3, -0.25) is 5.10 Å². The Labute approximate surface area is 66.8 Å². The van der Waals surface area contributed by atoms with Gasteiger partial charge in [-0.1, -0.05) is 0 Å². The molecule has 2 N–H and O–H groups in total. The summed E-state index contributed by atoms with van der Waals surface area (Å²) >= 11 is 0. The highest BCUT2D eigenvalue weighted by atomic mass is 15.3. The minimum Gasteiger partial charge on any atom is -0.281 e. The molecule has 0 radical (unpaired) electrons. The molecule has 2 aromatic heterocycles. The molecule has 2 heterocycles. The van der Waals surface area contributed by atoms with Gasteiger partial charge in [0.25, 0.3) is 0 Å².